The fourth-order valence-corrected chi connectivity index (χ4v) is 2.10. The molecule has 0 aromatic heterocycles. The minimum atomic E-state index is -0.443. The topological polar surface area (TPSA) is 76.7 Å². The second kappa shape index (κ2) is 10.8. The van der Waals surface area contributed by atoms with Crippen LogP contribution in [0, 0.1) is 0 Å². The number of carbonyl (C=O) groups is 2. The lowest BCUT2D eigenvalue weighted by Crippen LogP contribution is -2.40. The number of hydrogen-bond donors (Lipinski definition) is 2. The molecule has 0 spiro atoms. The predicted octanol–water partition coefficient (Wildman–Crippen LogP) is 2.04. The van der Waals surface area contributed by atoms with E-state index >= 15 is 0 Å². The van der Waals surface area contributed by atoms with Crippen molar-refractivity contribution in [2.24, 2.45) is 0 Å². The minimum Gasteiger partial charge on any atom is -0.497 e. The first kappa shape index (κ1) is 18.2. The van der Waals surface area contributed by atoms with Crippen LogP contribution in [0.4, 0.5) is 4.79 Å². The molecule has 1 aromatic carbocycles. The number of methoxy groups -OCH3 is 1. The molecule has 0 aliphatic rings. The number of benzene rings is 1. The third-order valence-electron chi connectivity index (χ3n) is 2.58. The molecular formula is C15H22N2O4S. The number of urea groups is 1. The van der Waals surface area contributed by atoms with Crippen molar-refractivity contribution in [2.45, 2.75) is 13.3 Å². The summed E-state index contributed by atoms with van der Waals surface area (Å²) in [5.41, 5.74) is 0. The molecular weight excluding hydrogens is 304 g/mol. The van der Waals surface area contributed by atoms with E-state index in [-0.39, 0.29) is 11.7 Å². The van der Waals surface area contributed by atoms with Gasteiger partial charge in [0, 0.05) is 12.3 Å². The van der Waals surface area contributed by atoms with E-state index in [1.807, 2.05) is 31.2 Å². The zero-order chi connectivity index (χ0) is 16.2. The van der Waals surface area contributed by atoms with Gasteiger partial charge in [0.2, 0.25) is 5.91 Å². The van der Waals surface area contributed by atoms with E-state index in [2.05, 4.69) is 10.6 Å². The maximum atomic E-state index is 11.5. The van der Waals surface area contributed by atoms with Crippen LogP contribution in [0.25, 0.3) is 0 Å². The Balaban J connectivity index is 2.09. The van der Waals surface area contributed by atoms with Crippen molar-refractivity contribution in [2.75, 3.05) is 31.8 Å². The van der Waals surface area contributed by atoms with Crippen LogP contribution in [-0.2, 0) is 4.79 Å². The fraction of sp³-hybridized carbons (Fsp3) is 0.467. The highest BCUT2D eigenvalue weighted by Gasteiger charge is 2.06. The summed E-state index contributed by atoms with van der Waals surface area (Å²) < 4.78 is 10.6. The molecule has 7 heteroatoms. The van der Waals surface area contributed by atoms with Crippen molar-refractivity contribution >= 4 is 23.7 Å². The molecule has 6 nitrogen and oxygen atoms in total. The van der Waals surface area contributed by atoms with Crippen LogP contribution < -0.4 is 20.1 Å². The van der Waals surface area contributed by atoms with Gasteiger partial charge in [-0.25, -0.2) is 4.79 Å². The third kappa shape index (κ3) is 7.78. The Labute approximate surface area is 134 Å². The Kier molecular flexibility index (Phi) is 8.90. The highest BCUT2D eigenvalue weighted by molar-refractivity contribution is 7.99. The lowest BCUT2D eigenvalue weighted by molar-refractivity contribution is -0.117. The van der Waals surface area contributed by atoms with Crippen LogP contribution in [0.1, 0.15) is 13.3 Å². The van der Waals surface area contributed by atoms with Crippen LogP contribution in [-0.4, -0.2) is 43.7 Å². The maximum absolute atomic E-state index is 11.5. The first-order valence-electron chi connectivity index (χ1n) is 7.08. The smallest absolute Gasteiger partial charge is 0.321 e. The van der Waals surface area contributed by atoms with E-state index < -0.39 is 6.03 Å². The Morgan fingerprint density at radius 2 is 1.86 bits per heavy atom. The summed E-state index contributed by atoms with van der Waals surface area (Å²) >= 11 is 1.41. The molecule has 0 saturated carbocycles. The third-order valence-corrected chi connectivity index (χ3v) is 3.50. The maximum Gasteiger partial charge on any atom is 0.321 e. The van der Waals surface area contributed by atoms with Gasteiger partial charge in [-0.3, -0.25) is 10.1 Å². The zero-order valence-corrected chi connectivity index (χ0v) is 13.7. The molecule has 0 bridgehead atoms. The number of thioether (sulfide) groups is 1. The molecule has 0 atom stereocenters. The Bertz CT molecular complexity index is 465. The average molecular weight is 326 g/mol. The lowest BCUT2D eigenvalue weighted by Gasteiger charge is -2.07. The highest BCUT2D eigenvalue weighted by atomic mass is 32.2. The monoisotopic (exact) mass is 326 g/mol. The number of ether oxygens (including phenoxy) is 2. The van der Waals surface area contributed by atoms with Crippen molar-refractivity contribution in [3.05, 3.63) is 24.3 Å². The van der Waals surface area contributed by atoms with Crippen molar-refractivity contribution in [3.8, 4) is 11.5 Å². The molecule has 1 rings (SSSR count). The molecule has 3 amide bonds. The van der Waals surface area contributed by atoms with E-state index in [1.165, 1.54) is 11.8 Å². The van der Waals surface area contributed by atoms with Crippen LogP contribution in [0.3, 0.4) is 0 Å². The van der Waals surface area contributed by atoms with Crippen molar-refractivity contribution in [1.29, 1.82) is 0 Å². The van der Waals surface area contributed by atoms with Gasteiger partial charge >= 0.3 is 6.03 Å². The number of imide groups is 1. The van der Waals surface area contributed by atoms with E-state index in [0.29, 0.717) is 18.9 Å². The fourth-order valence-electron chi connectivity index (χ4n) is 1.50. The van der Waals surface area contributed by atoms with Gasteiger partial charge < -0.3 is 14.8 Å². The molecule has 0 unspecified atom stereocenters. The second-order valence-corrected chi connectivity index (χ2v) is 5.49. The largest absolute Gasteiger partial charge is 0.497 e. The van der Waals surface area contributed by atoms with E-state index in [9.17, 15) is 9.59 Å². The second-order valence-electron chi connectivity index (χ2n) is 4.38. The average Bonchev–Trinajstić information content (AvgIpc) is 2.53. The van der Waals surface area contributed by atoms with Crippen LogP contribution in [0.5, 0.6) is 11.5 Å². The molecule has 0 aliphatic heterocycles. The number of rotatable bonds is 9. The van der Waals surface area contributed by atoms with Gasteiger partial charge in [0.25, 0.3) is 0 Å². The number of amides is 3. The summed E-state index contributed by atoms with van der Waals surface area (Å²) in [6.45, 7) is 3.00. The summed E-state index contributed by atoms with van der Waals surface area (Å²) in [6, 6.07) is 6.86. The summed E-state index contributed by atoms with van der Waals surface area (Å²) in [6.07, 6.45) is 0.832. The molecule has 1 aromatic rings. The van der Waals surface area contributed by atoms with E-state index in [4.69, 9.17) is 9.47 Å². The number of nitrogens with one attached hydrogen (secondary N) is 2. The van der Waals surface area contributed by atoms with Crippen LogP contribution >= 0.6 is 11.8 Å². The first-order valence-corrected chi connectivity index (χ1v) is 8.23. The molecule has 0 aliphatic carbocycles. The van der Waals surface area contributed by atoms with E-state index in [1.54, 1.807) is 7.11 Å². The molecule has 0 fully saturated rings. The van der Waals surface area contributed by atoms with Crippen LogP contribution in [0.15, 0.2) is 24.3 Å². The summed E-state index contributed by atoms with van der Waals surface area (Å²) in [5, 5.41) is 4.85. The molecule has 2 N–H and O–H groups in total. The summed E-state index contributed by atoms with van der Waals surface area (Å²) in [5.74, 6) is 2.12. The van der Waals surface area contributed by atoms with Gasteiger partial charge in [-0.2, -0.15) is 0 Å². The Morgan fingerprint density at radius 3 is 2.50 bits per heavy atom. The highest BCUT2D eigenvalue weighted by Crippen LogP contribution is 2.17. The van der Waals surface area contributed by atoms with Gasteiger partial charge in [-0.05, 0) is 30.7 Å². The molecule has 0 saturated heterocycles. The molecule has 0 heterocycles. The Morgan fingerprint density at radius 1 is 1.18 bits per heavy atom. The van der Waals surface area contributed by atoms with Crippen molar-refractivity contribution in [3.63, 3.8) is 0 Å². The quantitative estimate of drug-likeness (QED) is 0.679. The number of hydrogen-bond acceptors (Lipinski definition) is 5. The van der Waals surface area contributed by atoms with Gasteiger partial charge in [0.15, 0.2) is 0 Å². The summed E-state index contributed by atoms with van der Waals surface area (Å²) in [4.78, 5) is 22.7. The van der Waals surface area contributed by atoms with Gasteiger partial charge in [0.1, 0.15) is 11.5 Å². The Hall–Kier alpha value is -1.89. The first-order chi connectivity index (χ1) is 10.7. The van der Waals surface area contributed by atoms with Crippen molar-refractivity contribution in [1.82, 2.24) is 10.6 Å². The zero-order valence-electron chi connectivity index (χ0n) is 12.9. The number of carbonyl (C=O) groups excluding carboxylic acids is 2. The van der Waals surface area contributed by atoms with Gasteiger partial charge in [-0.15, -0.1) is 11.8 Å². The van der Waals surface area contributed by atoms with Gasteiger partial charge in [-0.1, -0.05) is 6.92 Å². The summed E-state index contributed by atoms with van der Waals surface area (Å²) in [7, 11) is 1.61. The minimum absolute atomic E-state index is 0.228. The molecule has 22 heavy (non-hydrogen) atoms. The lowest BCUT2D eigenvalue weighted by atomic mass is 10.3. The van der Waals surface area contributed by atoms with Crippen molar-refractivity contribution < 1.29 is 19.1 Å². The van der Waals surface area contributed by atoms with Crippen LogP contribution in [0.2, 0.25) is 0 Å². The van der Waals surface area contributed by atoms with E-state index in [0.717, 1.165) is 17.9 Å². The predicted molar refractivity (Wildman–Crippen MR) is 87.6 cm³/mol. The normalized spacial score (nSPS) is 9.91. The molecule has 0 radical (unpaired) electrons. The SMILES string of the molecule is CCCNC(=O)NC(=O)CSCCOc1ccc(OC)cc1. The molecule has 122 valence electrons. The van der Waals surface area contributed by atoms with Gasteiger partial charge in [0.05, 0.1) is 19.5 Å². The standard InChI is InChI=1S/C15H22N2O4S/c1-3-8-16-15(19)17-14(18)11-22-10-9-21-13-6-4-12(20-2)5-7-13/h4-7H,3,8-11H2,1-2H3,(H2,16,17,18,19).